The zero-order chi connectivity index (χ0) is 7.68. The van der Waals surface area contributed by atoms with Gasteiger partial charge in [0.1, 0.15) is 17.2 Å². The lowest BCUT2D eigenvalue weighted by atomic mass is 10.2. The summed E-state index contributed by atoms with van der Waals surface area (Å²) < 4.78 is 5.40. The lowest BCUT2D eigenvalue weighted by molar-refractivity contribution is 0.525. The number of nitrogens with one attached hydrogen (secondary N) is 1. The van der Waals surface area contributed by atoms with Gasteiger partial charge in [0.05, 0.1) is 0 Å². The molecule has 1 aliphatic heterocycles. The Hall–Kier alpha value is -1.25. The van der Waals surface area contributed by atoms with Gasteiger partial charge in [-0.15, -0.1) is 0 Å². The molecule has 1 N–H and O–H groups in total. The largest absolute Gasteiger partial charge is 0.460 e. The molecule has 2 heterocycles. The minimum absolute atomic E-state index is 0.896. The molecule has 1 aromatic heterocycles. The van der Waals surface area contributed by atoms with Crippen molar-refractivity contribution in [3.8, 4) is 0 Å². The zero-order valence-electron chi connectivity index (χ0n) is 6.42. The van der Waals surface area contributed by atoms with E-state index in [0.29, 0.717) is 0 Å². The molecular weight excluding hydrogens is 140 g/mol. The van der Waals surface area contributed by atoms with Crippen LogP contribution >= 0.6 is 0 Å². The topological polar surface area (TPSA) is 37.5 Å². The summed E-state index contributed by atoms with van der Waals surface area (Å²) >= 11 is 0. The molecule has 0 amide bonds. The Morgan fingerprint density at radius 2 is 2.45 bits per heavy atom. The van der Waals surface area contributed by atoms with Gasteiger partial charge in [-0.05, 0) is 19.1 Å². The van der Waals surface area contributed by atoms with Crippen LogP contribution in [0.15, 0.2) is 21.7 Å². The Kier molecular flexibility index (Phi) is 1.42. The predicted molar refractivity (Wildman–Crippen MR) is 42.6 cm³/mol. The first-order chi connectivity index (χ1) is 5.36. The van der Waals surface area contributed by atoms with E-state index in [1.165, 1.54) is 0 Å². The second-order valence-electron chi connectivity index (χ2n) is 2.63. The highest BCUT2D eigenvalue weighted by Gasteiger charge is 2.11. The molecule has 11 heavy (non-hydrogen) atoms. The lowest BCUT2D eigenvalue weighted by Gasteiger charge is -1.90. The van der Waals surface area contributed by atoms with Crippen LogP contribution in [0.25, 0.3) is 0 Å². The van der Waals surface area contributed by atoms with Crippen LogP contribution in [0, 0.1) is 6.92 Å². The van der Waals surface area contributed by atoms with E-state index in [-0.39, 0.29) is 0 Å². The standard InChI is InChI=1S/C8H10N2O/c1-6-2-3-8(11-6)7-4-5-9-10-7/h2-3,9H,4-5H2,1H3. The fraction of sp³-hybridized carbons (Fsp3) is 0.375. The van der Waals surface area contributed by atoms with Crippen LogP contribution in [0.4, 0.5) is 0 Å². The van der Waals surface area contributed by atoms with Crippen molar-refractivity contribution in [1.82, 2.24) is 5.43 Å². The van der Waals surface area contributed by atoms with E-state index >= 15 is 0 Å². The molecule has 0 saturated heterocycles. The lowest BCUT2D eigenvalue weighted by Crippen LogP contribution is -1.97. The molecule has 3 nitrogen and oxygen atoms in total. The van der Waals surface area contributed by atoms with Crippen molar-refractivity contribution in [2.24, 2.45) is 5.10 Å². The number of nitrogens with zero attached hydrogens (tertiary/aromatic N) is 1. The summed E-state index contributed by atoms with van der Waals surface area (Å²) in [4.78, 5) is 0. The van der Waals surface area contributed by atoms with Gasteiger partial charge >= 0.3 is 0 Å². The highest BCUT2D eigenvalue weighted by molar-refractivity contribution is 5.99. The van der Waals surface area contributed by atoms with Crippen LogP contribution in [0.3, 0.4) is 0 Å². The van der Waals surface area contributed by atoms with Crippen LogP contribution in [0.2, 0.25) is 0 Å². The molecule has 1 aromatic rings. The van der Waals surface area contributed by atoms with Gasteiger partial charge < -0.3 is 9.84 Å². The van der Waals surface area contributed by atoms with Gasteiger partial charge in [0.15, 0.2) is 0 Å². The molecule has 58 valence electrons. The average molecular weight is 150 g/mol. The van der Waals surface area contributed by atoms with Crippen LogP contribution in [-0.4, -0.2) is 12.3 Å². The Labute approximate surface area is 65.1 Å². The molecule has 0 unspecified atom stereocenters. The Morgan fingerprint density at radius 3 is 3.00 bits per heavy atom. The minimum atomic E-state index is 0.896. The average Bonchev–Trinajstić information content (AvgIpc) is 2.55. The second kappa shape index (κ2) is 2.42. The summed E-state index contributed by atoms with van der Waals surface area (Å²) in [6.45, 7) is 2.86. The normalized spacial score (nSPS) is 16.3. The van der Waals surface area contributed by atoms with Crippen LogP contribution in [-0.2, 0) is 0 Å². The number of hydrogen-bond donors (Lipinski definition) is 1. The Morgan fingerprint density at radius 1 is 1.55 bits per heavy atom. The van der Waals surface area contributed by atoms with E-state index < -0.39 is 0 Å². The predicted octanol–water partition coefficient (Wildman–Crippen LogP) is 1.29. The van der Waals surface area contributed by atoms with Gasteiger partial charge in [0, 0.05) is 13.0 Å². The van der Waals surface area contributed by atoms with Crippen LogP contribution < -0.4 is 5.43 Å². The van der Waals surface area contributed by atoms with Gasteiger partial charge in [-0.25, -0.2) is 0 Å². The summed E-state index contributed by atoms with van der Waals surface area (Å²) in [7, 11) is 0. The summed E-state index contributed by atoms with van der Waals surface area (Å²) in [6, 6.07) is 3.91. The third kappa shape index (κ3) is 1.13. The highest BCUT2D eigenvalue weighted by atomic mass is 16.3. The number of rotatable bonds is 1. The van der Waals surface area contributed by atoms with Gasteiger partial charge in [0.2, 0.25) is 0 Å². The highest BCUT2D eigenvalue weighted by Crippen LogP contribution is 2.11. The molecule has 0 atom stereocenters. The third-order valence-electron chi connectivity index (χ3n) is 1.71. The quantitative estimate of drug-likeness (QED) is 0.655. The van der Waals surface area contributed by atoms with Gasteiger partial charge in [-0.2, -0.15) is 5.10 Å². The zero-order valence-corrected chi connectivity index (χ0v) is 6.42. The maximum absolute atomic E-state index is 5.40. The molecule has 2 rings (SSSR count). The van der Waals surface area contributed by atoms with Crippen molar-refractivity contribution < 1.29 is 4.42 Å². The summed E-state index contributed by atoms with van der Waals surface area (Å²) in [5, 5.41) is 4.09. The number of hydrogen-bond acceptors (Lipinski definition) is 3. The molecule has 0 radical (unpaired) electrons. The van der Waals surface area contributed by atoms with E-state index in [9.17, 15) is 0 Å². The first-order valence-electron chi connectivity index (χ1n) is 3.72. The van der Waals surface area contributed by atoms with Crippen molar-refractivity contribution in [3.05, 3.63) is 23.7 Å². The first kappa shape index (κ1) is 6.46. The minimum Gasteiger partial charge on any atom is -0.460 e. The van der Waals surface area contributed by atoms with Crippen LogP contribution in [0.5, 0.6) is 0 Å². The number of aryl methyl sites for hydroxylation is 1. The second-order valence-corrected chi connectivity index (χ2v) is 2.63. The monoisotopic (exact) mass is 150 g/mol. The van der Waals surface area contributed by atoms with Gasteiger partial charge in [0.25, 0.3) is 0 Å². The van der Waals surface area contributed by atoms with Gasteiger partial charge in [-0.1, -0.05) is 0 Å². The SMILES string of the molecule is Cc1ccc(C2=NNCC2)o1. The summed E-state index contributed by atoms with van der Waals surface area (Å²) in [5.74, 6) is 1.84. The van der Waals surface area contributed by atoms with Crippen LogP contribution in [0.1, 0.15) is 17.9 Å². The van der Waals surface area contributed by atoms with E-state index in [1.54, 1.807) is 0 Å². The smallest absolute Gasteiger partial charge is 0.150 e. The van der Waals surface area contributed by atoms with E-state index in [1.807, 2.05) is 19.1 Å². The molecule has 3 heteroatoms. The fourth-order valence-electron chi connectivity index (χ4n) is 1.15. The van der Waals surface area contributed by atoms with Crippen molar-refractivity contribution in [1.29, 1.82) is 0 Å². The number of furan rings is 1. The maximum Gasteiger partial charge on any atom is 0.150 e. The molecule has 0 spiro atoms. The first-order valence-corrected chi connectivity index (χ1v) is 3.72. The Bertz CT molecular complexity index is 288. The van der Waals surface area contributed by atoms with Crippen molar-refractivity contribution >= 4 is 5.71 Å². The number of hydrazone groups is 1. The maximum atomic E-state index is 5.40. The molecule has 0 fully saturated rings. The van der Waals surface area contributed by atoms with Crippen molar-refractivity contribution in [2.75, 3.05) is 6.54 Å². The van der Waals surface area contributed by atoms with Gasteiger partial charge in [-0.3, -0.25) is 0 Å². The summed E-state index contributed by atoms with van der Waals surface area (Å²) in [6.07, 6.45) is 0.965. The van der Waals surface area contributed by atoms with Crippen molar-refractivity contribution in [2.45, 2.75) is 13.3 Å². The molecule has 0 saturated carbocycles. The molecule has 0 aliphatic carbocycles. The Balaban J connectivity index is 2.28. The fourth-order valence-corrected chi connectivity index (χ4v) is 1.15. The van der Waals surface area contributed by atoms with E-state index in [0.717, 1.165) is 30.2 Å². The summed E-state index contributed by atoms with van der Waals surface area (Å²) in [5.41, 5.74) is 3.93. The van der Waals surface area contributed by atoms with E-state index in [4.69, 9.17) is 4.42 Å². The van der Waals surface area contributed by atoms with E-state index in [2.05, 4.69) is 10.5 Å². The van der Waals surface area contributed by atoms with Crippen molar-refractivity contribution in [3.63, 3.8) is 0 Å². The molecular formula is C8H10N2O. The molecule has 1 aliphatic rings. The molecule has 0 bridgehead atoms. The molecule has 0 aromatic carbocycles. The third-order valence-corrected chi connectivity index (χ3v) is 1.71.